The van der Waals surface area contributed by atoms with Crippen molar-refractivity contribution in [2.45, 2.75) is 79.4 Å². The molecular formula is C26H33F3N4O2. The number of allylic oxidation sites excluding steroid dienone is 1. The zero-order valence-corrected chi connectivity index (χ0v) is 21.2. The number of methoxy groups -OCH3 is 1. The molecule has 190 valence electrons. The van der Waals surface area contributed by atoms with Crippen molar-refractivity contribution in [3.8, 4) is 5.88 Å². The predicted octanol–water partition coefficient (Wildman–Crippen LogP) is 6.04. The Kier molecular flexibility index (Phi) is 6.72. The zero-order valence-electron chi connectivity index (χ0n) is 21.2. The number of aromatic nitrogens is 3. The van der Waals surface area contributed by atoms with Crippen LogP contribution in [0.2, 0.25) is 0 Å². The second kappa shape index (κ2) is 9.32. The molecular weight excluding hydrogens is 457 g/mol. The summed E-state index contributed by atoms with van der Waals surface area (Å²) < 4.78 is 46.5. The summed E-state index contributed by atoms with van der Waals surface area (Å²) in [5, 5.41) is 8.89. The highest BCUT2D eigenvalue weighted by Crippen LogP contribution is 2.39. The molecule has 2 aromatic heterocycles. The van der Waals surface area contributed by atoms with Gasteiger partial charge >= 0.3 is 6.18 Å². The van der Waals surface area contributed by atoms with Crippen LogP contribution < -0.4 is 4.74 Å². The number of hydrogen-bond donors (Lipinski definition) is 0. The lowest BCUT2D eigenvalue weighted by Crippen LogP contribution is -2.27. The molecule has 1 aliphatic carbocycles. The minimum Gasteiger partial charge on any atom is -0.481 e. The van der Waals surface area contributed by atoms with E-state index >= 15 is 0 Å². The molecule has 1 atom stereocenters. The second-order valence-electron chi connectivity index (χ2n) is 10.3. The minimum atomic E-state index is -4.35. The number of pyridine rings is 1. The molecule has 1 aliphatic heterocycles. The van der Waals surface area contributed by atoms with Crippen LogP contribution in [-0.2, 0) is 30.6 Å². The van der Waals surface area contributed by atoms with E-state index in [1.807, 2.05) is 26.0 Å². The molecule has 0 aromatic carbocycles. The average molecular weight is 491 g/mol. The molecule has 0 spiro atoms. The van der Waals surface area contributed by atoms with E-state index in [0.717, 1.165) is 45.6 Å². The largest absolute Gasteiger partial charge is 0.481 e. The Balaban J connectivity index is 1.72. The molecule has 0 fully saturated rings. The maximum absolute atomic E-state index is 13.3. The van der Waals surface area contributed by atoms with Crippen LogP contribution in [0.3, 0.4) is 0 Å². The van der Waals surface area contributed by atoms with E-state index in [4.69, 9.17) is 9.57 Å². The molecule has 0 bridgehead atoms. The van der Waals surface area contributed by atoms with E-state index < -0.39 is 12.7 Å². The third-order valence-corrected chi connectivity index (χ3v) is 6.90. The molecule has 3 heterocycles. The van der Waals surface area contributed by atoms with Crippen LogP contribution in [0.4, 0.5) is 13.2 Å². The summed E-state index contributed by atoms with van der Waals surface area (Å²) in [7, 11) is 1.60. The van der Waals surface area contributed by atoms with Gasteiger partial charge in [-0.3, -0.25) is 4.68 Å². The van der Waals surface area contributed by atoms with Gasteiger partial charge in [0.1, 0.15) is 12.2 Å². The van der Waals surface area contributed by atoms with Crippen molar-refractivity contribution >= 4 is 11.5 Å². The number of alkyl halides is 3. The molecule has 2 aliphatic rings. The van der Waals surface area contributed by atoms with Gasteiger partial charge in [-0.05, 0) is 56.6 Å². The lowest BCUT2D eigenvalue weighted by molar-refractivity contribution is -0.143. The Labute approximate surface area is 204 Å². The molecule has 0 N–H and O–H groups in total. The molecule has 4 rings (SSSR count). The monoisotopic (exact) mass is 490 g/mol. The fourth-order valence-electron chi connectivity index (χ4n) is 4.89. The second-order valence-corrected chi connectivity index (χ2v) is 10.3. The number of halogens is 3. The van der Waals surface area contributed by atoms with Crippen LogP contribution in [0, 0.1) is 18.3 Å². The van der Waals surface area contributed by atoms with Crippen LogP contribution in [0.25, 0.3) is 5.76 Å². The number of hydrogen-bond acceptors (Lipinski definition) is 5. The topological polar surface area (TPSA) is 61.5 Å². The van der Waals surface area contributed by atoms with Gasteiger partial charge in [-0.15, -0.1) is 0 Å². The Hall–Kier alpha value is -2.84. The fraction of sp³-hybridized carbons (Fsp3) is 0.577. The molecule has 35 heavy (non-hydrogen) atoms. The summed E-state index contributed by atoms with van der Waals surface area (Å²) in [5.74, 6) is 1.04. The Morgan fingerprint density at radius 1 is 1.29 bits per heavy atom. The van der Waals surface area contributed by atoms with Crippen molar-refractivity contribution in [1.82, 2.24) is 14.8 Å². The van der Waals surface area contributed by atoms with Crippen molar-refractivity contribution in [2.75, 3.05) is 7.11 Å². The molecule has 0 amide bonds. The summed E-state index contributed by atoms with van der Waals surface area (Å²) in [6.07, 6.45) is 0.993. The maximum atomic E-state index is 13.3. The van der Waals surface area contributed by atoms with Gasteiger partial charge in [0.2, 0.25) is 5.88 Å². The smallest absolute Gasteiger partial charge is 0.408 e. The number of aryl methyl sites for hydroxylation is 2. The standard InChI is InChI=1S/C26H33F3N4O2/c1-7-17-12-19(16(3)30-24(17)34-6)22-15(2)8-9-21(35-32-22)23-18-10-11-25(4,5)13-20(18)33(31-23)14-26(27,28)29/h9,12,15H,7-8,10-11,13-14H2,1-6H3. The predicted molar refractivity (Wildman–Crippen MR) is 128 cm³/mol. The van der Waals surface area contributed by atoms with E-state index in [1.165, 1.54) is 0 Å². The number of rotatable bonds is 5. The summed E-state index contributed by atoms with van der Waals surface area (Å²) in [6, 6.07) is 2.03. The van der Waals surface area contributed by atoms with Crippen LogP contribution >= 0.6 is 0 Å². The van der Waals surface area contributed by atoms with Gasteiger partial charge < -0.3 is 9.57 Å². The normalized spacial score (nSPS) is 19.9. The van der Waals surface area contributed by atoms with Crippen LogP contribution in [-0.4, -0.2) is 33.8 Å². The molecule has 0 saturated heterocycles. The fourth-order valence-corrected chi connectivity index (χ4v) is 4.89. The quantitative estimate of drug-likeness (QED) is 0.513. The first-order valence-corrected chi connectivity index (χ1v) is 12.1. The molecule has 0 saturated carbocycles. The van der Waals surface area contributed by atoms with Gasteiger partial charge in [-0.25, -0.2) is 4.98 Å². The zero-order chi connectivity index (χ0) is 25.5. The number of oxime groups is 1. The molecule has 0 radical (unpaired) electrons. The first kappa shape index (κ1) is 25.3. The summed E-state index contributed by atoms with van der Waals surface area (Å²) in [4.78, 5) is 10.5. The van der Waals surface area contributed by atoms with Crippen LogP contribution in [0.1, 0.15) is 74.3 Å². The van der Waals surface area contributed by atoms with Crippen molar-refractivity contribution in [2.24, 2.45) is 16.5 Å². The lowest BCUT2D eigenvalue weighted by Gasteiger charge is -2.30. The average Bonchev–Trinajstić information content (AvgIpc) is 2.98. The molecule has 1 unspecified atom stereocenters. The Bertz CT molecular complexity index is 1180. The number of ether oxygens (including phenoxy) is 1. The van der Waals surface area contributed by atoms with E-state index in [-0.39, 0.29) is 11.3 Å². The van der Waals surface area contributed by atoms with Crippen LogP contribution in [0.5, 0.6) is 5.88 Å². The molecule has 6 nitrogen and oxygen atoms in total. The van der Waals surface area contributed by atoms with E-state index in [1.54, 1.807) is 7.11 Å². The van der Waals surface area contributed by atoms with Gasteiger partial charge in [-0.2, -0.15) is 18.3 Å². The minimum absolute atomic E-state index is 0.0260. The summed E-state index contributed by atoms with van der Waals surface area (Å²) in [6.45, 7) is 9.04. The molecule has 2 aromatic rings. The highest BCUT2D eigenvalue weighted by atomic mass is 19.4. The Morgan fingerprint density at radius 2 is 2.03 bits per heavy atom. The van der Waals surface area contributed by atoms with Crippen molar-refractivity contribution < 1.29 is 22.7 Å². The van der Waals surface area contributed by atoms with Gasteiger partial charge in [0, 0.05) is 28.3 Å². The summed E-state index contributed by atoms with van der Waals surface area (Å²) >= 11 is 0. The maximum Gasteiger partial charge on any atom is 0.408 e. The third kappa shape index (κ3) is 5.23. The lowest BCUT2D eigenvalue weighted by atomic mass is 9.76. The van der Waals surface area contributed by atoms with Crippen molar-refractivity contribution in [3.05, 3.63) is 45.9 Å². The van der Waals surface area contributed by atoms with Crippen molar-refractivity contribution in [3.63, 3.8) is 0 Å². The first-order valence-electron chi connectivity index (χ1n) is 12.1. The number of fused-ring (bicyclic) bond motifs is 1. The van der Waals surface area contributed by atoms with Crippen LogP contribution in [0.15, 0.2) is 17.3 Å². The van der Waals surface area contributed by atoms with Gasteiger partial charge in [-0.1, -0.05) is 32.9 Å². The van der Waals surface area contributed by atoms with Crippen molar-refractivity contribution in [1.29, 1.82) is 0 Å². The highest BCUT2D eigenvalue weighted by Gasteiger charge is 2.37. The SMILES string of the molecule is CCc1cc(C2=NOC(c3nn(CC(F)(F)F)c4c3CCC(C)(C)C4)=CCC2C)c(C)nc1OC. The Morgan fingerprint density at radius 3 is 2.69 bits per heavy atom. The number of nitrogens with zero attached hydrogens (tertiary/aromatic N) is 4. The first-order chi connectivity index (χ1) is 16.4. The molecule has 9 heteroatoms. The van der Waals surface area contributed by atoms with E-state index in [9.17, 15) is 13.2 Å². The van der Waals surface area contributed by atoms with Gasteiger partial charge in [0.25, 0.3) is 0 Å². The highest BCUT2D eigenvalue weighted by molar-refractivity contribution is 6.03. The van der Waals surface area contributed by atoms with Gasteiger partial charge in [0.05, 0.1) is 18.5 Å². The summed E-state index contributed by atoms with van der Waals surface area (Å²) in [5.41, 5.74) is 5.26. The van der Waals surface area contributed by atoms with Gasteiger partial charge in [0.15, 0.2) is 5.76 Å². The van der Waals surface area contributed by atoms with E-state index in [2.05, 4.69) is 36.0 Å². The van der Waals surface area contributed by atoms with E-state index in [0.29, 0.717) is 42.3 Å². The third-order valence-electron chi connectivity index (χ3n) is 6.90.